The number of sulfonamides is 4. The SMILES string of the molecule is CC(C)COc1cc(F)cc(-c2ccc(C(=O)NS(=O)(=O)c3ccccc3)c(N3C[C@@H](C)CC3(C)C)n2)c1.CC1CN(c2ncccc2C(=O)NS(=O)(=O)c2cccc(N3CCCC3)n2)C(C)(C)C1.C[C@@H]1CN(c2nc(-c3ccc(F)c(F)c3)ccc2C(=O)NS(=O)(=O)c2cccc(N)n2)C(C)(C)C1.Cc1cc(OCC(C)C)cc(-c2cnc(N3CC(C)CC3(C)C)c(C(=O)NS(=O)(=O)c3cccc(N)n3)c2)c1. The molecule has 143 heavy (non-hydrogen) atoms. The van der Waals surface area contributed by atoms with Gasteiger partial charge in [-0.15, -0.1) is 0 Å². The Morgan fingerprint density at radius 1 is 0.406 bits per heavy atom. The first-order valence-corrected chi connectivity index (χ1v) is 53.3. The zero-order valence-corrected chi connectivity index (χ0v) is 86.6. The largest absolute Gasteiger partial charge is 0.493 e. The van der Waals surface area contributed by atoms with Crippen molar-refractivity contribution in [1.82, 2.24) is 53.8 Å². The van der Waals surface area contributed by atoms with E-state index in [0.29, 0.717) is 114 Å². The molecular formula is C104H125F3N18O14S4. The lowest BCUT2D eigenvalue weighted by atomic mass is 9.97. The second kappa shape index (κ2) is 43.4. The Morgan fingerprint density at radius 2 is 0.825 bits per heavy atom. The van der Waals surface area contributed by atoms with Gasteiger partial charge in [-0.25, -0.2) is 75.4 Å². The highest BCUT2D eigenvalue weighted by atomic mass is 32.2. The van der Waals surface area contributed by atoms with E-state index >= 15 is 0 Å². The quantitative estimate of drug-likeness (QED) is 0.0293. The average Bonchev–Trinajstić information content (AvgIpc) is 1.68. The van der Waals surface area contributed by atoms with Crippen LogP contribution in [0.3, 0.4) is 0 Å². The summed E-state index contributed by atoms with van der Waals surface area (Å²) in [5.41, 5.74) is 14.7. The first kappa shape index (κ1) is 107. The van der Waals surface area contributed by atoms with Crippen LogP contribution in [-0.2, 0) is 40.1 Å². The van der Waals surface area contributed by atoms with Crippen molar-refractivity contribution in [1.29, 1.82) is 0 Å². The Bertz CT molecular complexity index is 7060. The molecule has 5 aliphatic heterocycles. The predicted octanol–water partition coefficient (Wildman–Crippen LogP) is 17.0. The summed E-state index contributed by atoms with van der Waals surface area (Å²) in [6.07, 6.45) is 9.04. The van der Waals surface area contributed by atoms with Gasteiger partial charge < -0.3 is 45.4 Å². The van der Waals surface area contributed by atoms with Gasteiger partial charge in [0.2, 0.25) is 0 Å². The highest BCUT2D eigenvalue weighted by Crippen LogP contribution is 2.44. The van der Waals surface area contributed by atoms with Gasteiger partial charge in [0.1, 0.15) is 58.0 Å². The number of carbonyl (C=O) groups is 4. The molecule has 8 N–H and O–H groups in total. The van der Waals surface area contributed by atoms with Crippen molar-refractivity contribution in [2.45, 2.75) is 198 Å². The van der Waals surface area contributed by atoms with E-state index in [9.17, 15) is 66.0 Å². The number of ether oxygens (including phenoxy) is 2. The molecule has 5 aliphatic rings. The molecule has 12 heterocycles. The molecule has 7 aromatic heterocycles. The molecule has 0 radical (unpaired) electrons. The zero-order chi connectivity index (χ0) is 104. The van der Waals surface area contributed by atoms with E-state index in [1.54, 1.807) is 79.1 Å². The van der Waals surface area contributed by atoms with Gasteiger partial charge in [0.05, 0.1) is 51.8 Å². The first-order chi connectivity index (χ1) is 67.1. The number of anilines is 7. The lowest BCUT2D eigenvalue weighted by Gasteiger charge is -2.34. The summed E-state index contributed by atoms with van der Waals surface area (Å²) in [4.78, 5) is 94.0. The minimum Gasteiger partial charge on any atom is -0.493 e. The van der Waals surface area contributed by atoms with Crippen LogP contribution in [0.4, 0.5) is 53.9 Å². The number of hydrogen-bond donors (Lipinski definition) is 6. The van der Waals surface area contributed by atoms with Crippen molar-refractivity contribution >= 4 is 104 Å². The number of hydrogen-bond acceptors (Lipinski definition) is 28. The van der Waals surface area contributed by atoms with Crippen LogP contribution in [0.5, 0.6) is 11.5 Å². The highest BCUT2D eigenvalue weighted by Gasteiger charge is 2.45. The molecule has 0 saturated carbocycles. The van der Waals surface area contributed by atoms with E-state index < -0.39 is 86.2 Å². The van der Waals surface area contributed by atoms with Gasteiger partial charge in [-0.05, 0) is 281 Å². The second-order valence-corrected chi connectivity index (χ2v) is 47.2. The molecule has 11 aromatic rings. The molecule has 4 atom stereocenters. The second-order valence-electron chi connectivity index (χ2n) is 40.7. The molecule has 16 rings (SSSR count). The minimum absolute atomic E-state index is 0.00799. The van der Waals surface area contributed by atoms with Crippen LogP contribution < -0.4 is 64.3 Å². The van der Waals surface area contributed by atoms with Gasteiger partial charge >= 0.3 is 0 Å². The normalized spacial score (nSPS) is 17.9. The van der Waals surface area contributed by atoms with Gasteiger partial charge in [-0.2, -0.15) is 25.3 Å². The lowest BCUT2D eigenvalue weighted by molar-refractivity contribution is 0.0972. The summed E-state index contributed by atoms with van der Waals surface area (Å²) in [5, 5.41) is -0.887. The fraction of sp³-hybridized carbons (Fsp3) is 0.394. The van der Waals surface area contributed by atoms with E-state index in [2.05, 4.69) is 137 Å². The highest BCUT2D eigenvalue weighted by molar-refractivity contribution is 7.91. The molecule has 2 unspecified atom stereocenters. The Hall–Kier alpha value is -13.4. The summed E-state index contributed by atoms with van der Waals surface area (Å²) in [5.74, 6) is -0.244. The third-order valence-corrected chi connectivity index (χ3v) is 30.1. The molecular weight excluding hydrogens is 1910 g/mol. The van der Waals surface area contributed by atoms with Crippen molar-refractivity contribution in [3.05, 3.63) is 240 Å². The Morgan fingerprint density at radius 3 is 1.28 bits per heavy atom. The fourth-order valence-corrected chi connectivity index (χ4v) is 22.7. The van der Waals surface area contributed by atoms with Crippen LogP contribution in [0.2, 0.25) is 0 Å². The Labute approximate surface area is 835 Å². The number of benzene rings is 4. The van der Waals surface area contributed by atoms with E-state index in [1.807, 2.05) is 67.3 Å². The number of halogens is 3. The van der Waals surface area contributed by atoms with E-state index in [-0.39, 0.29) is 88.6 Å². The molecule has 0 bridgehead atoms. The Kier molecular flexibility index (Phi) is 32.5. The third kappa shape index (κ3) is 26.2. The molecule has 5 saturated heterocycles. The van der Waals surface area contributed by atoms with E-state index in [4.69, 9.17) is 30.9 Å². The number of aryl methyl sites for hydroxylation is 1. The number of aromatic nitrogens is 7. The molecule has 4 aromatic carbocycles. The molecule has 0 spiro atoms. The van der Waals surface area contributed by atoms with Crippen molar-refractivity contribution in [3.63, 3.8) is 0 Å². The average molecular weight is 2040 g/mol. The molecule has 760 valence electrons. The number of nitrogen functional groups attached to an aromatic ring is 2. The van der Waals surface area contributed by atoms with Crippen molar-refractivity contribution in [3.8, 4) is 45.1 Å². The maximum absolute atomic E-state index is 14.5. The van der Waals surface area contributed by atoms with Gasteiger partial charge in [-0.3, -0.25) is 19.2 Å². The van der Waals surface area contributed by atoms with Gasteiger partial charge in [0.25, 0.3) is 63.7 Å². The standard InChI is InChI=1S/C29H34FN3O4S.C29H37N5O4S.C24H25F2N5O3S.C22H29N5O3S/c1-19(2)18-37-23-14-21(13-22(30)15-23)26-12-11-25(27(31-26)33-17-20(3)16-29(33,4)5)28(34)32-38(35,36)24-9-7-6-8-10-24;1-18(2)17-38-23-11-19(3)10-21(12-23)22-13-24(27(31-15-22)34-16-20(4)14-29(34,5)6)28(35)33-39(36,37)26-9-7-8-25(30)32-26;1-14-12-24(2,3)31(13-14)22-16(8-10-19(28-22)15-7-9-17(25)18(26)11-15)23(32)30-35(33,34)21-6-4-5-20(27)29-21;1-16-14-22(2,3)27(15-16)20-17(8-7-11-23-20)21(28)25-31(29,30)19-10-6-9-18(24-19)26-12-4-5-13-26/h6-15,19-20H,16-18H2,1-5H3,(H,32,34);7-13,15,18,20H,14,16-17H2,1-6H3,(H2,30,32)(H,33,35);4-11,14H,12-13H2,1-3H3,(H2,27,29)(H,30,32);6-11,16H,4-5,12-15H2,1-3H3,(H,25,28)/t20-;;14-;/m0.0./s1. The number of nitrogens with one attached hydrogen (secondary N) is 4. The monoisotopic (exact) mass is 2030 g/mol. The third-order valence-electron chi connectivity index (χ3n) is 25.0. The smallest absolute Gasteiger partial charge is 0.281 e. The lowest BCUT2D eigenvalue weighted by Crippen LogP contribution is -2.41. The van der Waals surface area contributed by atoms with Crippen LogP contribution >= 0.6 is 0 Å². The molecule has 32 nitrogen and oxygen atoms in total. The number of amides is 4. The maximum atomic E-state index is 14.5. The minimum atomic E-state index is -4.31. The van der Waals surface area contributed by atoms with Crippen molar-refractivity contribution in [2.24, 2.45) is 35.5 Å². The summed E-state index contributed by atoms with van der Waals surface area (Å²) < 4.78 is 165. The van der Waals surface area contributed by atoms with Crippen LogP contribution in [0.15, 0.2) is 214 Å². The molecule has 0 aliphatic carbocycles. The molecule has 39 heteroatoms. The summed E-state index contributed by atoms with van der Waals surface area (Å²) in [7, 11) is -16.8. The van der Waals surface area contributed by atoms with Gasteiger partial charge in [0.15, 0.2) is 26.7 Å². The predicted molar refractivity (Wildman–Crippen MR) is 547 cm³/mol. The number of pyridine rings is 7. The van der Waals surface area contributed by atoms with Crippen molar-refractivity contribution < 1.29 is 75.5 Å². The molecule has 4 amide bonds. The number of nitrogens with zero attached hydrogens (tertiary/aromatic N) is 12. The van der Waals surface area contributed by atoms with E-state index in [0.717, 1.165) is 87.2 Å². The summed E-state index contributed by atoms with van der Waals surface area (Å²) in [6, 6.07) is 45.5. The van der Waals surface area contributed by atoms with Crippen LogP contribution in [-0.4, -0.2) is 167 Å². The first-order valence-electron chi connectivity index (χ1n) is 47.4. The topological polar surface area (TPSA) is 430 Å². The van der Waals surface area contributed by atoms with Crippen LogP contribution in [0.1, 0.15) is 196 Å². The molecule has 5 fully saturated rings. The van der Waals surface area contributed by atoms with E-state index in [1.165, 1.54) is 84.9 Å². The number of rotatable bonds is 26. The summed E-state index contributed by atoms with van der Waals surface area (Å²) in [6.45, 7) is 40.6. The zero-order valence-electron chi connectivity index (χ0n) is 83.3. The van der Waals surface area contributed by atoms with Gasteiger partial charge in [-0.1, -0.05) is 97.9 Å². The van der Waals surface area contributed by atoms with Crippen LogP contribution in [0, 0.1) is 59.9 Å². The number of nitrogens with two attached hydrogens (primary N) is 2. The van der Waals surface area contributed by atoms with Crippen LogP contribution in [0.25, 0.3) is 33.6 Å². The Balaban J connectivity index is 0.000000161. The maximum Gasteiger partial charge on any atom is 0.281 e. The van der Waals surface area contributed by atoms with Gasteiger partial charge in [0, 0.05) is 96.6 Å². The fourth-order valence-electron chi connectivity index (χ4n) is 18.9. The summed E-state index contributed by atoms with van der Waals surface area (Å²) >= 11 is 0. The number of carbonyl (C=O) groups excluding carboxylic acids is 4. The van der Waals surface area contributed by atoms with Crippen molar-refractivity contribution in [2.75, 3.05) is 88.4 Å².